The Morgan fingerprint density at radius 3 is 2.77 bits per heavy atom. The molecule has 0 radical (unpaired) electrons. The Bertz CT molecular complexity index is 1240. The van der Waals surface area contributed by atoms with Crippen LogP contribution in [0.3, 0.4) is 0 Å². The number of phenols is 1. The molecule has 6 rings (SSSR count). The van der Waals surface area contributed by atoms with Crippen molar-refractivity contribution in [2.24, 2.45) is 17.3 Å². The highest BCUT2D eigenvalue weighted by molar-refractivity contribution is 5.88. The van der Waals surface area contributed by atoms with Gasteiger partial charge >= 0.3 is 5.97 Å². The van der Waals surface area contributed by atoms with Crippen LogP contribution in [0, 0.1) is 17.3 Å². The molecule has 1 heterocycles. The summed E-state index contributed by atoms with van der Waals surface area (Å²) in [5.74, 6) is 1.96. The first-order valence-electron chi connectivity index (χ1n) is 13.1. The van der Waals surface area contributed by atoms with Crippen LogP contribution in [0.25, 0.3) is 0 Å². The Morgan fingerprint density at radius 1 is 1.06 bits per heavy atom. The second kappa shape index (κ2) is 8.82. The molecule has 4 heteroatoms. The summed E-state index contributed by atoms with van der Waals surface area (Å²) in [6.07, 6.45) is 10.4. The van der Waals surface area contributed by atoms with E-state index in [1.54, 1.807) is 0 Å². The highest BCUT2D eigenvalue weighted by atomic mass is 16.5. The summed E-state index contributed by atoms with van der Waals surface area (Å²) in [6.45, 7) is 3.10. The number of rotatable bonds is 4. The summed E-state index contributed by atoms with van der Waals surface area (Å²) in [7, 11) is 0. The van der Waals surface area contributed by atoms with E-state index in [-0.39, 0.29) is 17.5 Å². The average Bonchev–Trinajstić information content (AvgIpc) is 3.20. The molecule has 35 heavy (non-hydrogen) atoms. The lowest BCUT2D eigenvalue weighted by Crippen LogP contribution is -2.45. The van der Waals surface area contributed by atoms with E-state index in [4.69, 9.17) is 4.74 Å². The number of aryl methyl sites for hydroxylation is 1. The predicted octanol–water partition coefficient (Wildman–Crippen LogP) is 5.81. The van der Waals surface area contributed by atoms with Gasteiger partial charge in [0.25, 0.3) is 0 Å². The van der Waals surface area contributed by atoms with E-state index in [9.17, 15) is 9.90 Å². The molecule has 0 saturated heterocycles. The smallest absolute Gasteiger partial charge is 0.344 e. The van der Waals surface area contributed by atoms with Crippen molar-refractivity contribution < 1.29 is 19.2 Å². The lowest BCUT2D eigenvalue weighted by Gasteiger charge is -2.50. The Kier molecular flexibility index (Phi) is 5.63. The Labute approximate surface area is 207 Å². The molecule has 5 atom stereocenters. The second-order valence-corrected chi connectivity index (χ2v) is 11.1. The van der Waals surface area contributed by atoms with Gasteiger partial charge in [-0.15, -0.1) is 0 Å². The van der Waals surface area contributed by atoms with E-state index in [0.29, 0.717) is 29.1 Å². The van der Waals surface area contributed by atoms with Gasteiger partial charge < -0.3 is 9.84 Å². The van der Waals surface area contributed by atoms with Crippen LogP contribution in [0.2, 0.25) is 0 Å². The fraction of sp³-hybridized carbons (Fsp3) is 0.419. The first-order chi connectivity index (χ1) is 17.0. The minimum atomic E-state index is -0.203. The largest absolute Gasteiger partial charge is 0.508 e. The van der Waals surface area contributed by atoms with Gasteiger partial charge in [0.1, 0.15) is 17.4 Å². The normalized spacial score (nSPS) is 29.1. The van der Waals surface area contributed by atoms with Crippen LogP contribution in [-0.2, 0) is 17.7 Å². The maximum Gasteiger partial charge on any atom is 0.344 e. The Morgan fingerprint density at radius 2 is 1.91 bits per heavy atom. The maximum atomic E-state index is 13.2. The molecule has 3 aromatic rings. The van der Waals surface area contributed by atoms with Crippen LogP contribution in [0.1, 0.15) is 72.0 Å². The number of hydrogen-bond donors (Lipinski definition) is 1. The third-order valence-corrected chi connectivity index (χ3v) is 9.17. The molecule has 0 unspecified atom stereocenters. The number of benzene rings is 2. The van der Waals surface area contributed by atoms with E-state index in [1.165, 1.54) is 23.1 Å². The minimum absolute atomic E-state index is 0.0232. The molecule has 2 saturated carbocycles. The number of carbonyl (C=O) groups is 1. The summed E-state index contributed by atoms with van der Waals surface area (Å²) >= 11 is 0. The van der Waals surface area contributed by atoms with Crippen LogP contribution in [-0.4, -0.2) is 17.2 Å². The molecule has 4 nitrogen and oxygen atoms in total. The number of fused-ring (bicyclic) bond motifs is 5. The van der Waals surface area contributed by atoms with Crippen LogP contribution in [0.4, 0.5) is 0 Å². The van der Waals surface area contributed by atoms with Gasteiger partial charge in [-0.2, -0.15) is 4.57 Å². The van der Waals surface area contributed by atoms with Gasteiger partial charge in [-0.05, 0) is 85.6 Å². The first kappa shape index (κ1) is 22.3. The quantitative estimate of drug-likeness (QED) is 0.388. The highest BCUT2D eigenvalue weighted by Crippen LogP contribution is 2.61. The highest BCUT2D eigenvalue weighted by Gasteiger charge is 2.56. The number of nitrogens with zero attached hydrogens (tertiary/aromatic N) is 1. The Balaban J connectivity index is 1.17. The molecule has 3 aliphatic carbocycles. The number of esters is 1. The maximum absolute atomic E-state index is 13.2. The standard InChI is InChI=1S/C31H33NO3/c1-31-16-15-26-25-12-10-24(33)18-22(25)9-11-27(26)28(31)13-14-29(31)35-30(34)23-8-5-17-32(20-23)19-21-6-3-2-4-7-21/h2-8,10,12,17-18,20,26-29H,9,11,13-16,19H2,1H3/p+1/t26-,27-,28+,29+,31+/m1/s1. The van der Waals surface area contributed by atoms with Crippen LogP contribution in [0.5, 0.6) is 5.75 Å². The van der Waals surface area contributed by atoms with E-state index >= 15 is 0 Å². The summed E-state index contributed by atoms with van der Waals surface area (Å²) in [4.78, 5) is 13.2. The molecule has 1 aromatic heterocycles. The predicted molar refractivity (Wildman–Crippen MR) is 134 cm³/mol. The lowest BCUT2D eigenvalue weighted by molar-refractivity contribution is -0.688. The van der Waals surface area contributed by atoms with Gasteiger partial charge in [0.05, 0.1) is 0 Å². The molecular weight excluding hydrogens is 434 g/mol. The van der Waals surface area contributed by atoms with Crippen molar-refractivity contribution in [2.75, 3.05) is 0 Å². The molecule has 2 fully saturated rings. The van der Waals surface area contributed by atoms with E-state index in [1.807, 2.05) is 59.4 Å². The summed E-state index contributed by atoms with van der Waals surface area (Å²) in [6, 6.07) is 20.0. The molecule has 0 amide bonds. The number of ether oxygens (including phenoxy) is 1. The third kappa shape index (κ3) is 4.03. The van der Waals surface area contributed by atoms with Crippen molar-refractivity contribution in [3.63, 3.8) is 0 Å². The first-order valence-corrected chi connectivity index (χ1v) is 13.1. The number of carbonyl (C=O) groups excluding carboxylic acids is 1. The molecule has 0 bridgehead atoms. The van der Waals surface area contributed by atoms with Crippen LogP contribution >= 0.6 is 0 Å². The van der Waals surface area contributed by atoms with E-state index in [0.717, 1.165) is 38.6 Å². The molecule has 3 aliphatic rings. The molecule has 1 N–H and O–H groups in total. The zero-order chi connectivity index (χ0) is 24.0. The van der Waals surface area contributed by atoms with Crippen LogP contribution in [0.15, 0.2) is 73.1 Å². The number of aromatic hydroxyl groups is 1. The van der Waals surface area contributed by atoms with Crippen molar-refractivity contribution >= 4 is 5.97 Å². The molecule has 2 aromatic carbocycles. The van der Waals surface area contributed by atoms with Gasteiger partial charge in [0, 0.05) is 17.0 Å². The summed E-state index contributed by atoms with van der Waals surface area (Å²) < 4.78 is 8.30. The van der Waals surface area contributed by atoms with Gasteiger partial charge in [-0.1, -0.05) is 43.3 Å². The van der Waals surface area contributed by atoms with Crippen LogP contribution < -0.4 is 4.57 Å². The second-order valence-electron chi connectivity index (χ2n) is 11.1. The average molecular weight is 469 g/mol. The monoisotopic (exact) mass is 468 g/mol. The number of hydrogen-bond acceptors (Lipinski definition) is 3. The number of phenolic OH excluding ortho intramolecular Hbond substituents is 1. The van der Waals surface area contributed by atoms with Crippen molar-refractivity contribution in [1.82, 2.24) is 0 Å². The van der Waals surface area contributed by atoms with Gasteiger partial charge in [-0.25, -0.2) is 4.79 Å². The molecular formula is C31H34NO3+. The molecule has 0 spiro atoms. The SMILES string of the molecule is C[C@]12CC[C@@H]3c4ccc(O)cc4CC[C@H]3[C@@H]1CC[C@@H]2OC(=O)c1ccc[n+](Cc2ccccc2)c1. The fourth-order valence-corrected chi connectivity index (χ4v) is 7.45. The van der Waals surface area contributed by atoms with Crippen molar-refractivity contribution in [3.8, 4) is 5.75 Å². The van der Waals surface area contributed by atoms with Crippen molar-refractivity contribution in [3.05, 3.63) is 95.3 Å². The van der Waals surface area contributed by atoms with E-state index in [2.05, 4.69) is 25.1 Å². The van der Waals surface area contributed by atoms with Gasteiger partial charge in [-0.3, -0.25) is 0 Å². The fourth-order valence-electron chi connectivity index (χ4n) is 7.45. The van der Waals surface area contributed by atoms with Gasteiger partial charge in [0.2, 0.25) is 0 Å². The zero-order valence-electron chi connectivity index (χ0n) is 20.4. The lowest BCUT2D eigenvalue weighted by atomic mass is 9.55. The number of aromatic nitrogens is 1. The third-order valence-electron chi connectivity index (χ3n) is 9.17. The summed E-state index contributed by atoms with van der Waals surface area (Å²) in [5.41, 5.74) is 4.63. The zero-order valence-corrected chi connectivity index (χ0v) is 20.4. The Hall–Kier alpha value is -3.14. The molecule has 0 aliphatic heterocycles. The van der Waals surface area contributed by atoms with Crippen molar-refractivity contribution in [1.29, 1.82) is 0 Å². The molecule has 180 valence electrons. The van der Waals surface area contributed by atoms with Gasteiger partial charge in [0.15, 0.2) is 18.9 Å². The van der Waals surface area contributed by atoms with Crippen molar-refractivity contribution in [2.45, 2.75) is 64.0 Å². The minimum Gasteiger partial charge on any atom is -0.508 e. The van der Waals surface area contributed by atoms with E-state index < -0.39 is 0 Å². The topological polar surface area (TPSA) is 50.4 Å². The summed E-state index contributed by atoms with van der Waals surface area (Å²) in [5, 5.41) is 9.93. The number of pyridine rings is 1.